The molecule has 0 spiro atoms. The van der Waals surface area contributed by atoms with E-state index in [0.29, 0.717) is 11.5 Å². The summed E-state index contributed by atoms with van der Waals surface area (Å²) < 4.78 is 16.5. The van der Waals surface area contributed by atoms with Crippen LogP contribution >= 0.6 is 0 Å². The lowest BCUT2D eigenvalue weighted by Crippen LogP contribution is -2.18. The number of rotatable bonds is 6. The molecule has 2 aromatic rings. The fraction of sp³-hybridized carbons (Fsp3) is 0.368. The maximum Gasteiger partial charge on any atom is 0.164 e. The van der Waals surface area contributed by atoms with Crippen LogP contribution in [0.2, 0.25) is 0 Å². The Balaban J connectivity index is 1.72. The van der Waals surface area contributed by atoms with Crippen LogP contribution in [-0.2, 0) is 6.54 Å². The average Bonchev–Trinajstić information content (AvgIpc) is 3.08. The standard InChI is InChI=1S/C19H23NO3/c1-21-18-9-8-17(13-19(18)22-2)23-16-7-5-6-15(12-16)14-20-10-3-4-11-20/h5-9,12-13H,3-4,10-11,14H2,1-2H3. The van der Waals surface area contributed by atoms with Crippen molar-refractivity contribution >= 4 is 0 Å². The van der Waals surface area contributed by atoms with Gasteiger partial charge in [0.25, 0.3) is 0 Å². The Morgan fingerprint density at radius 3 is 2.35 bits per heavy atom. The van der Waals surface area contributed by atoms with Crippen molar-refractivity contribution in [1.29, 1.82) is 0 Å². The molecule has 1 aliphatic heterocycles. The molecule has 0 bridgehead atoms. The zero-order valence-corrected chi connectivity index (χ0v) is 13.7. The Morgan fingerprint density at radius 2 is 1.61 bits per heavy atom. The summed E-state index contributed by atoms with van der Waals surface area (Å²) >= 11 is 0. The SMILES string of the molecule is COc1ccc(Oc2cccc(CN3CCCC3)c2)cc1OC. The second-order valence-corrected chi connectivity index (χ2v) is 5.75. The van der Waals surface area contributed by atoms with Gasteiger partial charge in [-0.15, -0.1) is 0 Å². The van der Waals surface area contributed by atoms with Crippen LogP contribution in [-0.4, -0.2) is 32.2 Å². The van der Waals surface area contributed by atoms with Gasteiger partial charge in [0.2, 0.25) is 0 Å². The summed E-state index contributed by atoms with van der Waals surface area (Å²) in [6.07, 6.45) is 2.61. The molecule has 0 N–H and O–H groups in total. The van der Waals surface area contributed by atoms with E-state index in [0.717, 1.165) is 18.0 Å². The first-order chi connectivity index (χ1) is 11.3. The van der Waals surface area contributed by atoms with Gasteiger partial charge in [-0.3, -0.25) is 4.90 Å². The molecule has 0 radical (unpaired) electrons. The predicted octanol–water partition coefficient (Wildman–Crippen LogP) is 4.09. The number of hydrogen-bond donors (Lipinski definition) is 0. The van der Waals surface area contributed by atoms with Gasteiger partial charge in [-0.25, -0.2) is 0 Å². The van der Waals surface area contributed by atoms with Gasteiger partial charge in [0.05, 0.1) is 14.2 Å². The molecule has 23 heavy (non-hydrogen) atoms. The highest BCUT2D eigenvalue weighted by Crippen LogP contribution is 2.33. The molecule has 0 aromatic heterocycles. The molecule has 1 saturated heterocycles. The predicted molar refractivity (Wildman–Crippen MR) is 90.6 cm³/mol. The molecule has 0 aliphatic carbocycles. The third-order valence-corrected chi connectivity index (χ3v) is 4.09. The van der Waals surface area contributed by atoms with E-state index < -0.39 is 0 Å². The van der Waals surface area contributed by atoms with Crippen LogP contribution in [0.25, 0.3) is 0 Å². The van der Waals surface area contributed by atoms with E-state index in [1.807, 2.05) is 30.3 Å². The minimum absolute atomic E-state index is 0.665. The van der Waals surface area contributed by atoms with Gasteiger partial charge in [-0.1, -0.05) is 12.1 Å². The monoisotopic (exact) mass is 313 g/mol. The third kappa shape index (κ3) is 3.96. The minimum Gasteiger partial charge on any atom is -0.493 e. The lowest BCUT2D eigenvalue weighted by Gasteiger charge is -2.15. The van der Waals surface area contributed by atoms with Crippen molar-refractivity contribution in [1.82, 2.24) is 4.90 Å². The van der Waals surface area contributed by atoms with Crippen LogP contribution in [0, 0.1) is 0 Å². The molecule has 1 heterocycles. The third-order valence-electron chi connectivity index (χ3n) is 4.09. The summed E-state index contributed by atoms with van der Waals surface area (Å²) in [7, 11) is 3.25. The van der Waals surface area contributed by atoms with Gasteiger partial charge in [0, 0.05) is 12.6 Å². The van der Waals surface area contributed by atoms with Crippen molar-refractivity contribution < 1.29 is 14.2 Å². The molecule has 0 atom stereocenters. The van der Waals surface area contributed by atoms with Crippen LogP contribution in [0.4, 0.5) is 0 Å². The number of hydrogen-bond acceptors (Lipinski definition) is 4. The zero-order chi connectivity index (χ0) is 16.1. The van der Waals surface area contributed by atoms with Gasteiger partial charge >= 0.3 is 0 Å². The van der Waals surface area contributed by atoms with Gasteiger partial charge in [-0.2, -0.15) is 0 Å². The summed E-state index contributed by atoms with van der Waals surface area (Å²) in [5.41, 5.74) is 1.28. The second kappa shape index (κ2) is 7.38. The van der Waals surface area contributed by atoms with Gasteiger partial charge in [0.1, 0.15) is 11.5 Å². The molecule has 0 unspecified atom stereocenters. The van der Waals surface area contributed by atoms with Gasteiger partial charge < -0.3 is 14.2 Å². The largest absolute Gasteiger partial charge is 0.493 e. The lowest BCUT2D eigenvalue weighted by atomic mass is 10.2. The van der Waals surface area contributed by atoms with Crippen molar-refractivity contribution in [3.8, 4) is 23.0 Å². The Morgan fingerprint density at radius 1 is 0.870 bits per heavy atom. The van der Waals surface area contributed by atoms with Crippen molar-refractivity contribution in [3.63, 3.8) is 0 Å². The normalized spacial score (nSPS) is 14.7. The van der Waals surface area contributed by atoms with Crippen LogP contribution < -0.4 is 14.2 Å². The molecule has 0 saturated carbocycles. The van der Waals surface area contributed by atoms with E-state index in [1.165, 1.54) is 31.5 Å². The van der Waals surface area contributed by atoms with E-state index in [-0.39, 0.29) is 0 Å². The van der Waals surface area contributed by atoms with Gasteiger partial charge in [-0.05, 0) is 55.8 Å². The van der Waals surface area contributed by atoms with E-state index in [2.05, 4.69) is 17.0 Å². The molecule has 0 amide bonds. The van der Waals surface area contributed by atoms with Crippen LogP contribution in [0.15, 0.2) is 42.5 Å². The van der Waals surface area contributed by atoms with E-state index >= 15 is 0 Å². The highest BCUT2D eigenvalue weighted by atomic mass is 16.5. The number of benzene rings is 2. The number of likely N-dealkylation sites (tertiary alicyclic amines) is 1. The fourth-order valence-electron chi connectivity index (χ4n) is 2.92. The topological polar surface area (TPSA) is 30.9 Å². The fourth-order valence-corrected chi connectivity index (χ4v) is 2.92. The van der Waals surface area contributed by atoms with Crippen molar-refractivity contribution in [3.05, 3.63) is 48.0 Å². The summed E-state index contributed by atoms with van der Waals surface area (Å²) in [4.78, 5) is 2.48. The first kappa shape index (κ1) is 15.7. The highest BCUT2D eigenvalue weighted by Gasteiger charge is 2.12. The molecule has 1 fully saturated rings. The minimum atomic E-state index is 0.665. The lowest BCUT2D eigenvalue weighted by molar-refractivity contribution is 0.331. The van der Waals surface area contributed by atoms with Crippen molar-refractivity contribution in [2.75, 3.05) is 27.3 Å². The number of nitrogens with zero attached hydrogens (tertiary/aromatic N) is 1. The molecule has 4 nitrogen and oxygen atoms in total. The van der Waals surface area contributed by atoms with Crippen molar-refractivity contribution in [2.45, 2.75) is 19.4 Å². The first-order valence-corrected chi connectivity index (χ1v) is 7.99. The van der Waals surface area contributed by atoms with Crippen LogP contribution in [0.5, 0.6) is 23.0 Å². The molecule has 122 valence electrons. The summed E-state index contributed by atoms with van der Waals surface area (Å²) in [6, 6.07) is 13.9. The number of ether oxygens (including phenoxy) is 3. The Kier molecular flexibility index (Phi) is 5.03. The molecule has 3 rings (SSSR count). The summed E-state index contributed by atoms with van der Waals surface area (Å²) in [5, 5.41) is 0. The maximum absolute atomic E-state index is 5.97. The highest BCUT2D eigenvalue weighted by molar-refractivity contribution is 5.47. The molecule has 1 aliphatic rings. The molecule has 2 aromatic carbocycles. The molecular weight excluding hydrogens is 290 g/mol. The summed E-state index contributed by atoms with van der Waals surface area (Å²) in [5.74, 6) is 2.94. The van der Waals surface area contributed by atoms with Crippen molar-refractivity contribution in [2.24, 2.45) is 0 Å². The second-order valence-electron chi connectivity index (χ2n) is 5.75. The smallest absolute Gasteiger partial charge is 0.164 e. The molecular formula is C19H23NO3. The van der Waals surface area contributed by atoms with E-state index in [9.17, 15) is 0 Å². The number of methoxy groups -OCH3 is 2. The maximum atomic E-state index is 5.97. The van der Waals surface area contributed by atoms with Gasteiger partial charge in [0.15, 0.2) is 11.5 Å². The average molecular weight is 313 g/mol. The Bertz CT molecular complexity index is 651. The van der Waals surface area contributed by atoms with E-state index in [1.54, 1.807) is 14.2 Å². The Hall–Kier alpha value is -2.20. The first-order valence-electron chi connectivity index (χ1n) is 7.99. The quantitative estimate of drug-likeness (QED) is 0.803. The van der Waals surface area contributed by atoms with Crippen LogP contribution in [0.1, 0.15) is 18.4 Å². The Labute approximate surface area is 137 Å². The molecule has 4 heteroatoms. The summed E-state index contributed by atoms with van der Waals surface area (Å²) in [6.45, 7) is 3.38. The van der Waals surface area contributed by atoms with E-state index in [4.69, 9.17) is 14.2 Å². The zero-order valence-electron chi connectivity index (χ0n) is 13.7. The van der Waals surface area contributed by atoms with Crippen LogP contribution in [0.3, 0.4) is 0 Å².